The van der Waals surface area contributed by atoms with E-state index in [1.54, 1.807) is 11.5 Å². The van der Waals surface area contributed by atoms with Crippen LogP contribution in [0.15, 0.2) is 35.1 Å². The van der Waals surface area contributed by atoms with Gasteiger partial charge in [0.1, 0.15) is 0 Å². The zero-order valence-corrected chi connectivity index (χ0v) is 16.5. The molecule has 4 aromatic rings. The molecular formula is C21H20N2O3S. The molecule has 0 atom stereocenters. The lowest BCUT2D eigenvalue weighted by molar-refractivity contribution is 0.311. The van der Waals surface area contributed by atoms with E-state index in [1.165, 1.54) is 16.9 Å². The Bertz CT molecular complexity index is 1270. The summed E-state index contributed by atoms with van der Waals surface area (Å²) in [6, 6.07) is 9.65. The van der Waals surface area contributed by atoms with Crippen LogP contribution in [0.2, 0.25) is 0 Å². The molecule has 0 unspecified atom stereocenters. The van der Waals surface area contributed by atoms with Crippen LogP contribution in [0, 0.1) is 13.8 Å². The van der Waals surface area contributed by atoms with Crippen molar-refractivity contribution in [2.45, 2.75) is 20.8 Å². The molecule has 4 rings (SSSR count). The van der Waals surface area contributed by atoms with Gasteiger partial charge in [0, 0.05) is 0 Å². The van der Waals surface area contributed by atoms with Crippen LogP contribution >= 0.6 is 11.3 Å². The Kier molecular flexibility index (Phi) is 4.36. The fourth-order valence-electron chi connectivity index (χ4n) is 3.17. The number of aryl methyl sites for hydroxylation is 2. The summed E-state index contributed by atoms with van der Waals surface area (Å²) in [4.78, 5) is 18.4. The third kappa shape index (κ3) is 2.86. The smallest absolute Gasteiger partial charge is 0.274 e. The molecule has 138 valence electrons. The average Bonchev–Trinajstić information content (AvgIpc) is 3.17. The van der Waals surface area contributed by atoms with Crippen LogP contribution < -0.4 is 19.6 Å². The van der Waals surface area contributed by atoms with Crippen molar-refractivity contribution in [3.05, 3.63) is 61.9 Å². The van der Waals surface area contributed by atoms with Crippen LogP contribution in [-0.2, 0) is 0 Å². The average molecular weight is 380 g/mol. The molecular weight excluding hydrogens is 360 g/mol. The SMILES string of the molecule is CCOc1ccc(C=c2sc3nc4c(C)c(C)ccc4n3c2=O)cc1OC. The van der Waals surface area contributed by atoms with E-state index in [9.17, 15) is 4.79 Å². The maximum atomic E-state index is 13.0. The van der Waals surface area contributed by atoms with Crippen molar-refractivity contribution in [3.8, 4) is 11.5 Å². The zero-order chi connectivity index (χ0) is 19.1. The van der Waals surface area contributed by atoms with Crippen LogP contribution in [0.3, 0.4) is 0 Å². The topological polar surface area (TPSA) is 52.8 Å². The molecule has 0 N–H and O–H groups in total. The number of methoxy groups -OCH3 is 1. The van der Waals surface area contributed by atoms with Gasteiger partial charge in [-0.05, 0) is 61.7 Å². The summed E-state index contributed by atoms with van der Waals surface area (Å²) >= 11 is 1.40. The first-order chi connectivity index (χ1) is 13.0. The highest BCUT2D eigenvalue weighted by Crippen LogP contribution is 2.28. The zero-order valence-electron chi connectivity index (χ0n) is 15.7. The van der Waals surface area contributed by atoms with Crippen molar-refractivity contribution < 1.29 is 9.47 Å². The van der Waals surface area contributed by atoms with Crippen LogP contribution in [0.1, 0.15) is 23.6 Å². The van der Waals surface area contributed by atoms with Gasteiger partial charge in [0.05, 0.1) is 29.3 Å². The molecule has 0 saturated carbocycles. The molecule has 0 saturated heterocycles. The normalized spacial score (nSPS) is 12.2. The number of rotatable bonds is 4. The minimum Gasteiger partial charge on any atom is -0.493 e. The molecule has 2 heterocycles. The van der Waals surface area contributed by atoms with Crippen molar-refractivity contribution in [1.29, 1.82) is 0 Å². The molecule has 5 nitrogen and oxygen atoms in total. The molecule has 0 fully saturated rings. The third-order valence-corrected chi connectivity index (χ3v) is 5.69. The molecule has 0 aliphatic rings. The number of ether oxygens (including phenoxy) is 2. The number of aromatic nitrogens is 2. The van der Waals surface area contributed by atoms with Gasteiger partial charge < -0.3 is 9.47 Å². The Morgan fingerprint density at radius 3 is 2.74 bits per heavy atom. The number of hydrogen-bond acceptors (Lipinski definition) is 5. The summed E-state index contributed by atoms with van der Waals surface area (Å²) < 4.78 is 13.3. The van der Waals surface area contributed by atoms with E-state index < -0.39 is 0 Å². The van der Waals surface area contributed by atoms with E-state index in [4.69, 9.17) is 9.47 Å². The lowest BCUT2D eigenvalue weighted by Crippen LogP contribution is -2.22. The summed E-state index contributed by atoms with van der Waals surface area (Å²) in [7, 11) is 1.61. The Hall–Kier alpha value is -2.86. The Morgan fingerprint density at radius 2 is 2.00 bits per heavy atom. The second-order valence-electron chi connectivity index (χ2n) is 6.36. The van der Waals surface area contributed by atoms with Crippen molar-refractivity contribution in [1.82, 2.24) is 9.38 Å². The molecule has 0 radical (unpaired) electrons. The van der Waals surface area contributed by atoms with E-state index >= 15 is 0 Å². The van der Waals surface area contributed by atoms with Crippen LogP contribution in [0.25, 0.3) is 22.1 Å². The van der Waals surface area contributed by atoms with Crippen molar-refractivity contribution in [3.63, 3.8) is 0 Å². The minimum atomic E-state index is -0.0476. The fraction of sp³-hybridized carbons (Fsp3) is 0.238. The van der Waals surface area contributed by atoms with Gasteiger partial charge in [-0.1, -0.05) is 23.5 Å². The van der Waals surface area contributed by atoms with Gasteiger partial charge in [0.2, 0.25) is 0 Å². The molecule has 0 amide bonds. The molecule has 2 aromatic carbocycles. The van der Waals surface area contributed by atoms with Gasteiger partial charge >= 0.3 is 0 Å². The highest BCUT2D eigenvalue weighted by atomic mass is 32.1. The van der Waals surface area contributed by atoms with Crippen molar-refractivity contribution in [2.24, 2.45) is 0 Å². The van der Waals surface area contributed by atoms with Crippen molar-refractivity contribution in [2.75, 3.05) is 13.7 Å². The highest BCUT2D eigenvalue weighted by Gasteiger charge is 2.13. The first-order valence-electron chi connectivity index (χ1n) is 8.77. The second kappa shape index (κ2) is 6.70. The summed E-state index contributed by atoms with van der Waals surface area (Å²) in [5.74, 6) is 1.34. The van der Waals surface area contributed by atoms with E-state index in [0.717, 1.165) is 22.2 Å². The molecule has 2 aromatic heterocycles. The van der Waals surface area contributed by atoms with E-state index in [0.29, 0.717) is 27.6 Å². The van der Waals surface area contributed by atoms with Gasteiger partial charge in [0.15, 0.2) is 16.5 Å². The quantitative estimate of drug-likeness (QED) is 0.544. The van der Waals surface area contributed by atoms with Gasteiger partial charge in [-0.2, -0.15) is 0 Å². The first-order valence-corrected chi connectivity index (χ1v) is 9.59. The number of nitrogens with zero attached hydrogens (tertiary/aromatic N) is 2. The number of benzene rings is 2. The standard InChI is InChI=1S/C21H20N2O3S/c1-5-26-16-9-7-14(10-17(16)25-4)11-18-20(24)23-15-8-6-12(2)13(3)19(15)22-21(23)27-18/h6-11H,5H2,1-4H3. The number of imidazole rings is 1. The fourth-order valence-corrected chi connectivity index (χ4v) is 4.14. The monoisotopic (exact) mass is 380 g/mol. The Morgan fingerprint density at radius 1 is 1.19 bits per heavy atom. The Balaban J connectivity index is 1.88. The maximum Gasteiger partial charge on any atom is 0.274 e. The van der Waals surface area contributed by atoms with Crippen LogP contribution in [0.4, 0.5) is 0 Å². The number of hydrogen-bond donors (Lipinski definition) is 0. The lowest BCUT2D eigenvalue weighted by Gasteiger charge is -2.09. The van der Waals surface area contributed by atoms with Gasteiger partial charge in [-0.25, -0.2) is 9.38 Å². The minimum absolute atomic E-state index is 0.0476. The largest absolute Gasteiger partial charge is 0.493 e. The molecule has 0 bridgehead atoms. The second-order valence-corrected chi connectivity index (χ2v) is 7.37. The van der Waals surface area contributed by atoms with E-state index in [-0.39, 0.29) is 5.56 Å². The van der Waals surface area contributed by atoms with E-state index in [2.05, 4.69) is 11.9 Å². The van der Waals surface area contributed by atoms with Gasteiger partial charge in [-0.15, -0.1) is 0 Å². The molecule has 0 aliphatic heterocycles. The molecule has 0 spiro atoms. The summed E-state index contributed by atoms with van der Waals surface area (Å²) in [6.07, 6.45) is 1.87. The Labute approximate surface area is 160 Å². The molecule has 6 heteroatoms. The summed E-state index contributed by atoms with van der Waals surface area (Å²) in [5, 5.41) is 0. The number of fused-ring (bicyclic) bond motifs is 3. The third-order valence-electron chi connectivity index (χ3n) is 4.72. The summed E-state index contributed by atoms with van der Waals surface area (Å²) in [5.41, 5.74) is 4.88. The molecule has 27 heavy (non-hydrogen) atoms. The predicted octanol–water partition coefficient (Wildman–Crippen LogP) is 3.48. The predicted molar refractivity (Wildman–Crippen MR) is 109 cm³/mol. The van der Waals surface area contributed by atoms with Gasteiger partial charge in [0.25, 0.3) is 5.56 Å². The first kappa shape index (κ1) is 17.5. The van der Waals surface area contributed by atoms with Gasteiger partial charge in [-0.3, -0.25) is 4.79 Å². The van der Waals surface area contributed by atoms with Crippen molar-refractivity contribution >= 4 is 33.4 Å². The van der Waals surface area contributed by atoms with E-state index in [1.807, 2.05) is 50.3 Å². The van der Waals surface area contributed by atoms with Crippen LogP contribution in [-0.4, -0.2) is 23.1 Å². The number of thiazole rings is 1. The highest BCUT2D eigenvalue weighted by molar-refractivity contribution is 7.15. The van der Waals surface area contributed by atoms with Crippen LogP contribution in [0.5, 0.6) is 11.5 Å². The summed E-state index contributed by atoms with van der Waals surface area (Å²) in [6.45, 7) is 6.59. The maximum absolute atomic E-state index is 13.0. The molecule has 0 aliphatic carbocycles. The lowest BCUT2D eigenvalue weighted by atomic mass is 10.1.